The van der Waals surface area contributed by atoms with Gasteiger partial charge in [0.15, 0.2) is 0 Å². The van der Waals surface area contributed by atoms with Gasteiger partial charge in [-0.05, 0) is 26.5 Å². The Morgan fingerprint density at radius 2 is 2.16 bits per heavy atom. The Morgan fingerprint density at radius 1 is 1.47 bits per heavy atom. The second-order valence-electron chi connectivity index (χ2n) is 4.55. The van der Waals surface area contributed by atoms with Crippen molar-refractivity contribution in [1.29, 1.82) is 0 Å². The average Bonchev–Trinajstić information content (AvgIpc) is 2.60. The summed E-state index contributed by atoms with van der Waals surface area (Å²) in [6.45, 7) is 0.806. The molecular weight excluding hydrogens is 259 g/mol. The number of hydrogen-bond donors (Lipinski definition) is 1. The van der Waals surface area contributed by atoms with Crippen LogP contribution in [-0.4, -0.2) is 42.3 Å². The molecule has 1 unspecified atom stereocenters. The molecule has 0 saturated heterocycles. The molecule has 0 aliphatic rings. The molecule has 1 N–H and O–H groups in total. The zero-order valence-corrected chi connectivity index (χ0v) is 11.4. The van der Waals surface area contributed by atoms with E-state index in [4.69, 9.17) is 0 Å². The molecular formula is C12H20F3N3O. The van der Waals surface area contributed by atoms with Crippen molar-refractivity contribution in [3.8, 4) is 0 Å². The molecule has 7 heteroatoms. The van der Waals surface area contributed by atoms with Crippen LogP contribution in [0.4, 0.5) is 13.2 Å². The summed E-state index contributed by atoms with van der Waals surface area (Å²) < 4.78 is 42.1. The van der Waals surface area contributed by atoms with E-state index in [2.05, 4.69) is 15.2 Å². The van der Waals surface area contributed by atoms with Gasteiger partial charge in [0.05, 0.1) is 5.69 Å². The molecule has 0 amide bonds. The van der Waals surface area contributed by atoms with E-state index in [1.54, 1.807) is 11.7 Å². The largest absolute Gasteiger partial charge is 0.411 e. The number of alkyl halides is 3. The van der Waals surface area contributed by atoms with E-state index >= 15 is 0 Å². The minimum Gasteiger partial charge on any atom is -0.372 e. The third-order valence-electron chi connectivity index (χ3n) is 2.84. The number of ether oxygens (including phenoxy) is 1. The Morgan fingerprint density at radius 3 is 2.63 bits per heavy atom. The van der Waals surface area contributed by atoms with Gasteiger partial charge >= 0.3 is 6.18 Å². The Labute approximate surface area is 110 Å². The van der Waals surface area contributed by atoms with Gasteiger partial charge in [-0.15, -0.1) is 0 Å². The zero-order valence-electron chi connectivity index (χ0n) is 11.4. The molecule has 0 spiro atoms. The average molecular weight is 279 g/mol. The summed E-state index contributed by atoms with van der Waals surface area (Å²) in [4.78, 5) is 0. The maximum atomic E-state index is 11.9. The predicted octanol–water partition coefficient (Wildman–Crippen LogP) is 1.83. The minimum atomic E-state index is -4.26. The van der Waals surface area contributed by atoms with E-state index in [9.17, 15) is 13.2 Å². The maximum absolute atomic E-state index is 11.9. The van der Waals surface area contributed by atoms with Gasteiger partial charge in [-0.1, -0.05) is 0 Å². The first-order valence-corrected chi connectivity index (χ1v) is 6.13. The fraction of sp³-hybridized carbons (Fsp3) is 0.750. The molecule has 4 nitrogen and oxygen atoms in total. The third-order valence-corrected chi connectivity index (χ3v) is 2.84. The Bertz CT molecular complexity index is 390. The molecule has 1 heterocycles. The van der Waals surface area contributed by atoms with Gasteiger partial charge in [-0.2, -0.15) is 18.3 Å². The first-order chi connectivity index (χ1) is 8.81. The number of aryl methyl sites for hydroxylation is 2. The van der Waals surface area contributed by atoms with Crippen molar-refractivity contribution in [2.24, 2.45) is 7.05 Å². The van der Waals surface area contributed by atoms with Crippen LogP contribution >= 0.6 is 0 Å². The second kappa shape index (κ2) is 6.91. The van der Waals surface area contributed by atoms with E-state index in [0.717, 1.165) is 11.4 Å². The lowest BCUT2D eigenvalue weighted by Crippen LogP contribution is -2.30. The van der Waals surface area contributed by atoms with Crippen LogP contribution in [-0.2, 0) is 18.2 Å². The number of nitrogens with one attached hydrogen (secondary N) is 1. The van der Waals surface area contributed by atoms with E-state index in [-0.39, 0.29) is 12.6 Å². The molecule has 1 atom stereocenters. The molecule has 0 bridgehead atoms. The molecule has 0 aliphatic heterocycles. The number of aromatic nitrogens is 2. The molecule has 0 fully saturated rings. The highest BCUT2D eigenvalue weighted by atomic mass is 19.4. The lowest BCUT2D eigenvalue weighted by molar-refractivity contribution is -0.174. The quantitative estimate of drug-likeness (QED) is 0.774. The summed E-state index contributed by atoms with van der Waals surface area (Å²) >= 11 is 0. The van der Waals surface area contributed by atoms with Crippen molar-refractivity contribution in [2.45, 2.75) is 32.0 Å². The van der Waals surface area contributed by atoms with Crippen molar-refractivity contribution in [1.82, 2.24) is 15.1 Å². The summed E-state index contributed by atoms with van der Waals surface area (Å²) in [5.74, 6) is 0. The van der Waals surface area contributed by atoms with Crippen LogP contribution in [0.3, 0.4) is 0 Å². The summed E-state index contributed by atoms with van der Waals surface area (Å²) in [5, 5.41) is 7.32. The summed E-state index contributed by atoms with van der Waals surface area (Å²) in [6, 6.07) is 2.05. The van der Waals surface area contributed by atoms with Crippen LogP contribution < -0.4 is 5.32 Å². The Balaban J connectivity index is 2.36. The van der Waals surface area contributed by atoms with E-state index in [1.165, 1.54) is 0 Å². The maximum Gasteiger partial charge on any atom is 0.411 e. The smallest absolute Gasteiger partial charge is 0.372 e. The Kier molecular flexibility index (Phi) is 5.81. The monoisotopic (exact) mass is 279 g/mol. The van der Waals surface area contributed by atoms with Gasteiger partial charge in [0.2, 0.25) is 0 Å². The minimum absolute atomic E-state index is 0.0723. The van der Waals surface area contributed by atoms with Gasteiger partial charge in [0.1, 0.15) is 6.61 Å². The molecule has 1 aromatic rings. The third kappa shape index (κ3) is 6.07. The molecule has 1 rings (SSSR count). The first-order valence-electron chi connectivity index (χ1n) is 6.13. The molecule has 0 saturated carbocycles. The van der Waals surface area contributed by atoms with Gasteiger partial charge < -0.3 is 10.1 Å². The van der Waals surface area contributed by atoms with Crippen LogP contribution in [0.5, 0.6) is 0 Å². The number of nitrogens with zero attached hydrogens (tertiary/aromatic N) is 2. The summed E-state index contributed by atoms with van der Waals surface area (Å²) in [7, 11) is 3.65. The van der Waals surface area contributed by atoms with Crippen molar-refractivity contribution in [2.75, 3.05) is 20.3 Å². The summed E-state index contributed by atoms with van der Waals surface area (Å²) in [5.41, 5.74) is 1.98. The number of rotatable bonds is 7. The van der Waals surface area contributed by atoms with Crippen molar-refractivity contribution in [3.63, 3.8) is 0 Å². The number of hydrogen-bond acceptors (Lipinski definition) is 3. The van der Waals surface area contributed by atoms with Gasteiger partial charge in [0, 0.05) is 31.8 Å². The number of halogens is 3. The SMILES string of the molecule is CNC(CCOCC(F)(F)F)Cc1cc(C)nn1C. The van der Waals surface area contributed by atoms with E-state index in [1.807, 2.05) is 20.0 Å². The lowest BCUT2D eigenvalue weighted by atomic mass is 10.1. The molecule has 1 aromatic heterocycles. The van der Waals surface area contributed by atoms with Gasteiger partial charge in [0.25, 0.3) is 0 Å². The first kappa shape index (κ1) is 16.0. The highest BCUT2D eigenvalue weighted by Crippen LogP contribution is 2.15. The van der Waals surface area contributed by atoms with E-state index < -0.39 is 12.8 Å². The second-order valence-corrected chi connectivity index (χ2v) is 4.55. The van der Waals surface area contributed by atoms with Crippen molar-refractivity contribution in [3.05, 3.63) is 17.5 Å². The van der Waals surface area contributed by atoms with Crippen LogP contribution in [0.15, 0.2) is 6.07 Å². The van der Waals surface area contributed by atoms with Crippen LogP contribution in [0.25, 0.3) is 0 Å². The predicted molar refractivity (Wildman–Crippen MR) is 66.0 cm³/mol. The molecule has 0 aromatic carbocycles. The Hall–Kier alpha value is -1.08. The molecule has 110 valence electrons. The van der Waals surface area contributed by atoms with Crippen molar-refractivity contribution < 1.29 is 17.9 Å². The highest BCUT2D eigenvalue weighted by molar-refractivity contribution is 5.10. The standard InChI is InChI=1S/C12H20F3N3O/c1-9-6-11(18(3)17-9)7-10(16-2)4-5-19-8-12(13,14)15/h6,10,16H,4-5,7-8H2,1-3H3. The summed E-state index contributed by atoms with van der Waals surface area (Å²) in [6.07, 6.45) is -3.02. The normalized spacial score (nSPS) is 13.8. The van der Waals surface area contributed by atoms with Gasteiger partial charge in [-0.25, -0.2) is 0 Å². The van der Waals surface area contributed by atoms with Crippen LogP contribution in [0.1, 0.15) is 17.8 Å². The van der Waals surface area contributed by atoms with Crippen molar-refractivity contribution >= 4 is 0 Å². The highest BCUT2D eigenvalue weighted by Gasteiger charge is 2.27. The van der Waals surface area contributed by atoms with Gasteiger partial charge in [-0.3, -0.25) is 4.68 Å². The molecule has 0 radical (unpaired) electrons. The van der Waals surface area contributed by atoms with Crippen LogP contribution in [0.2, 0.25) is 0 Å². The molecule has 0 aliphatic carbocycles. The van der Waals surface area contributed by atoms with E-state index in [0.29, 0.717) is 12.8 Å². The lowest BCUT2D eigenvalue weighted by Gasteiger charge is -2.16. The topological polar surface area (TPSA) is 39.1 Å². The molecule has 19 heavy (non-hydrogen) atoms. The zero-order chi connectivity index (χ0) is 14.5. The fourth-order valence-electron chi connectivity index (χ4n) is 1.87. The fourth-order valence-corrected chi connectivity index (χ4v) is 1.87. The number of likely N-dealkylation sites (N-methyl/N-ethyl adjacent to an activating group) is 1. The van der Waals surface area contributed by atoms with Crippen LogP contribution in [0, 0.1) is 6.92 Å².